The maximum absolute atomic E-state index is 11.9. The van der Waals surface area contributed by atoms with Crippen molar-refractivity contribution in [3.63, 3.8) is 0 Å². The Morgan fingerprint density at radius 3 is 2.61 bits per heavy atom. The Hall–Kier alpha value is -0.650. The topological polar surface area (TPSA) is 53.0 Å². The number of carbonyl (C=O) groups excluding carboxylic acids is 1. The van der Waals surface area contributed by atoms with Crippen LogP contribution in [-0.4, -0.2) is 72.4 Å². The minimum absolute atomic E-state index is 0.240. The van der Waals surface area contributed by atoms with Gasteiger partial charge in [0.2, 0.25) is 5.91 Å². The third-order valence-corrected chi connectivity index (χ3v) is 3.92. The van der Waals surface area contributed by atoms with E-state index >= 15 is 0 Å². The van der Waals surface area contributed by atoms with Crippen molar-refractivity contribution in [2.45, 2.75) is 31.8 Å². The molecule has 18 heavy (non-hydrogen) atoms. The highest BCUT2D eigenvalue weighted by molar-refractivity contribution is 5.76. The molecule has 0 aliphatic carbocycles. The number of likely N-dealkylation sites (tertiary alicyclic amines) is 1. The summed E-state index contributed by atoms with van der Waals surface area (Å²) in [7, 11) is 0. The van der Waals surface area contributed by atoms with Gasteiger partial charge in [0.15, 0.2) is 0 Å². The summed E-state index contributed by atoms with van der Waals surface area (Å²) < 4.78 is 5.22. The number of nitrogens with zero attached hydrogens (tertiary/aromatic N) is 2. The summed E-state index contributed by atoms with van der Waals surface area (Å²) >= 11 is 0. The van der Waals surface area contributed by atoms with Crippen molar-refractivity contribution < 1.29 is 14.6 Å². The van der Waals surface area contributed by atoms with E-state index in [-0.39, 0.29) is 5.91 Å². The average molecular weight is 256 g/mol. The minimum atomic E-state index is -0.464. The lowest BCUT2D eigenvalue weighted by molar-refractivity contribution is -0.135. The molecule has 0 bridgehead atoms. The number of carbonyl (C=O) groups is 1. The lowest BCUT2D eigenvalue weighted by Gasteiger charge is -2.46. The molecule has 0 radical (unpaired) electrons. The van der Waals surface area contributed by atoms with Gasteiger partial charge in [0.25, 0.3) is 0 Å². The molecule has 0 saturated carbocycles. The first-order chi connectivity index (χ1) is 8.63. The molecule has 5 nitrogen and oxygen atoms in total. The van der Waals surface area contributed by atoms with Crippen LogP contribution in [0.3, 0.4) is 0 Å². The molecule has 0 unspecified atom stereocenters. The Morgan fingerprint density at radius 1 is 1.33 bits per heavy atom. The Bertz CT molecular complexity index is 284. The van der Waals surface area contributed by atoms with E-state index in [4.69, 9.17) is 4.74 Å². The Labute approximate surface area is 109 Å². The van der Waals surface area contributed by atoms with E-state index in [0.717, 1.165) is 45.6 Å². The zero-order valence-electron chi connectivity index (χ0n) is 11.2. The fraction of sp³-hybridized carbons (Fsp3) is 0.923. The summed E-state index contributed by atoms with van der Waals surface area (Å²) in [5.74, 6) is 0.240. The third-order valence-electron chi connectivity index (χ3n) is 3.92. The summed E-state index contributed by atoms with van der Waals surface area (Å²) in [6.07, 6.45) is 2.31. The van der Waals surface area contributed by atoms with E-state index in [0.29, 0.717) is 19.6 Å². The maximum atomic E-state index is 11.9. The summed E-state index contributed by atoms with van der Waals surface area (Å²) in [6, 6.07) is 0. The van der Waals surface area contributed by atoms with Crippen molar-refractivity contribution in [2.75, 3.05) is 45.9 Å². The number of hydrogen-bond acceptors (Lipinski definition) is 4. The van der Waals surface area contributed by atoms with Crippen molar-refractivity contribution in [2.24, 2.45) is 0 Å². The van der Waals surface area contributed by atoms with E-state index in [2.05, 4.69) is 4.90 Å². The summed E-state index contributed by atoms with van der Waals surface area (Å²) in [6.45, 7) is 7.25. The summed E-state index contributed by atoms with van der Waals surface area (Å²) in [5.41, 5.74) is -0.464. The van der Waals surface area contributed by atoms with Gasteiger partial charge in [-0.3, -0.25) is 9.69 Å². The fourth-order valence-electron chi connectivity index (χ4n) is 2.59. The molecule has 0 spiro atoms. The quantitative estimate of drug-likeness (QED) is 0.757. The molecule has 2 aliphatic rings. The molecule has 104 valence electrons. The summed E-state index contributed by atoms with van der Waals surface area (Å²) in [5, 5.41) is 9.87. The first-order valence-corrected chi connectivity index (χ1v) is 6.93. The van der Waals surface area contributed by atoms with Gasteiger partial charge in [-0.15, -0.1) is 0 Å². The molecule has 2 aliphatic heterocycles. The number of ether oxygens (including phenoxy) is 1. The predicted octanol–water partition coefficient (Wildman–Crippen LogP) is 0.0821. The maximum Gasteiger partial charge on any atom is 0.222 e. The van der Waals surface area contributed by atoms with E-state index < -0.39 is 5.60 Å². The molecule has 1 N–H and O–H groups in total. The molecule has 0 aromatic carbocycles. The van der Waals surface area contributed by atoms with Gasteiger partial charge in [-0.05, 0) is 19.4 Å². The van der Waals surface area contributed by atoms with Crippen LogP contribution >= 0.6 is 0 Å². The third kappa shape index (κ3) is 3.43. The number of hydrogen-bond donors (Lipinski definition) is 1. The fourth-order valence-corrected chi connectivity index (χ4v) is 2.59. The van der Waals surface area contributed by atoms with Crippen LogP contribution in [0, 0.1) is 0 Å². The normalized spacial score (nSPS) is 23.8. The Balaban J connectivity index is 1.57. The van der Waals surface area contributed by atoms with Crippen molar-refractivity contribution in [1.82, 2.24) is 9.80 Å². The molecule has 1 amide bonds. The standard InChI is InChI=1S/C13H24N2O3/c1-2-13(17)10-14(11-13)5-3-4-12(16)15-6-8-18-9-7-15/h17H,2-11H2,1H3. The Kier molecular flexibility index (Phi) is 4.59. The highest BCUT2D eigenvalue weighted by Crippen LogP contribution is 2.24. The van der Waals surface area contributed by atoms with Crippen molar-refractivity contribution in [3.05, 3.63) is 0 Å². The van der Waals surface area contributed by atoms with Crippen LogP contribution in [0.4, 0.5) is 0 Å². The number of amides is 1. The van der Waals surface area contributed by atoms with Crippen LogP contribution in [-0.2, 0) is 9.53 Å². The Morgan fingerprint density at radius 2 is 2.00 bits per heavy atom. The van der Waals surface area contributed by atoms with Gasteiger partial charge >= 0.3 is 0 Å². The highest BCUT2D eigenvalue weighted by Gasteiger charge is 2.38. The largest absolute Gasteiger partial charge is 0.387 e. The zero-order valence-corrected chi connectivity index (χ0v) is 11.2. The van der Waals surface area contributed by atoms with Gasteiger partial charge in [-0.2, -0.15) is 0 Å². The second-order valence-corrected chi connectivity index (χ2v) is 5.39. The zero-order chi connectivity index (χ0) is 13.0. The molecule has 2 saturated heterocycles. The summed E-state index contributed by atoms with van der Waals surface area (Å²) in [4.78, 5) is 16.0. The van der Waals surface area contributed by atoms with Gasteiger partial charge in [0.05, 0.1) is 18.8 Å². The molecular weight excluding hydrogens is 232 g/mol. The number of rotatable bonds is 5. The van der Waals surface area contributed by atoms with Crippen LogP contribution in [0.25, 0.3) is 0 Å². The van der Waals surface area contributed by atoms with Crippen LogP contribution in [0.1, 0.15) is 26.2 Å². The molecule has 2 heterocycles. The van der Waals surface area contributed by atoms with Crippen LogP contribution in [0.15, 0.2) is 0 Å². The lowest BCUT2D eigenvalue weighted by Crippen LogP contribution is -2.61. The van der Waals surface area contributed by atoms with Crippen molar-refractivity contribution >= 4 is 5.91 Å². The van der Waals surface area contributed by atoms with Gasteiger partial charge in [-0.25, -0.2) is 0 Å². The lowest BCUT2D eigenvalue weighted by atomic mass is 9.91. The van der Waals surface area contributed by atoms with Crippen LogP contribution in [0.2, 0.25) is 0 Å². The van der Waals surface area contributed by atoms with E-state index in [1.807, 2.05) is 11.8 Å². The molecule has 0 atom stereocenters. The van der Waals surface area contributed by atoms with E-state index in [9.17, 15) is 9.90 Å². The minimum Gasteiger partial charge on any atom is -0.387 e. The molecule has 0 aromatic rings. The molecule has 2 rings (SSSR count). The smallest absolute Gasteiger partial charge is 0.222 e. The predicted molar refractivity (Wildman–Crippen MR) is 68.3 cm³/mol. The van der Waals surface area contributed by atoms with E-state index in [1.165, 1.54) is 0 Å². The van der Waals surface area contributed by atoms with Gasteiger partial charge < -0.3 is 14.7 Å². The second-order valence-electron chi connectivity index (χ2n) is 5.39. The van der Waals surface area contributed by atoms with Crippen molar-refractivity contribution in [1.29, 1.82) is 0 Å². The van der Waals surface area contributed by atoms with E-state index in [1.54, 1.807) is 0 Å². The monoisotopic (exact) mass is 256 g/mol. The SMILES string of the molecule is CCC1(O)CN(CCCC(=O)N2CCOCC2)C1. The van der Waals surface area contributed by atoms with Crippen LogP contribution < -0.4 is 0 Å². The number of aliphatic hydroxyl groups is 1. The van der Waals surface area contributed by atoms with Crippen molar-refractivity contribution in [3.8, 4) is 0 Å². The highest BCUT2D eigenvalue weighted by atomic mass is 16.5. The number of β-amino-alcohol motifs (C(OH)–C–C–N with tert-alkyl or cyclic N) is 1. The second kappa shape index (κ2) is 5.99. The molecule has 2 fully saturated rings. The molecule has 0 aromatic heterocycles. The molecule has 5 heteroatoms. The first kappa shape index (κ1) is 13.8. The number of morpholine rings is 1. The first-order valence-electron chi connectivity index (χ1n) is 6.93. The average Bonchev–Trinajstić information content (AvgIpc) is 2.37. The van der Waals surface area contributed by atoms with Crippen LogP contribution in [0.5, 0.6) is 0 Å². The van der Waals surface area contributed by atoms with Gasteiger partial charge in [-0.1, -0.05) is 6.92 Å². The van der Waals surface area contributed by atoms with Gasteiger partial charge in [0, 0.05) is 32.6 Å². The van der Waals surface area contributed by atoms with Gasteiger partial charge in [0.1, 0.15) is 0 Å². The molecular formula is C13H24N2O3.